The number of benzene rings is 1. The van der Waals surface area contributed by atoms with Crippen molar-refractivity contribution in [2.45, 2.75) is 33.6 Å². The van der Waals surface area contributed by atoms with Crippen molar-refractivity contribution in [2.75, 3.05) is 11.9 Å². The SMILES string of the molecule is CCC(CC)CNc1cc(C#N)cc(F)c1C. The largest absolute Gasteiger partial charge is 0.384 e. The first-order valence-electron chi connectivity index (χ1n) is 6.06. The van der Waals surface area contributed by atoms with Gasteiger partial charge in [0.2, 0.25) is 0 Å². The van der Waals surface area contributed by atoms with Crippen LogP contribution in [0.15, 0.2) is 12.1 Å². The monoisotopic (exact) mass is 234 g/mol. The Hall–Kier alpha value is -1.56. The Bertz CT molecular complexity index is 417. The zero-order chi connectivity index (χ0) is 12.8. The number of nitrogens with one attached hydrogen (secondary N) is 1. The zero-order valence-electron chi connectivity index (χ0n) is 10.7. The Kier molecular flexibility index (Phi) is 4.96. The summed E-state index contributed by atoms with van der Waals surface area (Å²) in [6.07, 6.45) is 2.20. The number of hydrogen-bond donors (Lipinski definition) is 1. The van der Waals surface area contributed by atoms with Crippen LogP contribution in [0.2, 0.25) is 0 Å². The van der Waals surface area contributed by atoms with Crippen LogP contribution in [0.1, 0.15) is 37.8 Å². The van der Waals surface area contributed by atoms with Crippen molar-refractivity contribution in [1.82, 2.24) is 0 Å². The summed E-state index contributed by atoms with van der Waals surface area (Å²) in [6, 6.07) is 4.96. The van der Waals surface area contributed by atoms with Gasteiger partial charge in [0.15, 0.2) is 0 Å². The average molecular weight is 234 g/mol. The molecule has 0 aliphatic rings. The molecule has 0 aliphatic heterocycles. The molecule has 0 atom stereocenters. The second-order valence-corrected chi connectivity index (χ2v) is 4.31. The fourth-order valence-electron chi connectivity index (χ4n) is 1.76. The number of rotatable bonds is 5. The van der Waals surface area contributed by atoms with Gasteiger partial charge in [-0.1, -0.05) is 26.7 Å². The first-order valence-corrected chi connectivity index (χ1v) is 6.06. The molecular weight excluding hydrogens is 215 g/mol. The van der Waals surface area contributed by atoms with E-state index >= 15 is 0 Å². The van der Waals surface area contributed by atoms with Gasteiger partial charge in [0.05, 0.1) is 11.6 Å². The van der Waals surface area contributed by atoms with Crippen LogP contribution < -0.4 is 5.32 Å². The molecule has 1 aromatic carbocycles. The quantitative estimate of drug-likeness (QED) is 0.839. The van der Waals surface area contributed by atoms with Gasteiger partial charge >= 0.3 is 0 Å². The normalized spacial score (nSPS) is 10.4. The molecule has 1 aromatic rings. The summed E-state index contributed by atoms with van der Waals surface area (Å²) in [5, 5.41) is 12.0. The molecule has 0 radical (unpaired) electrons. The van der Waals surface area contributed by atoms with Gasteiger partial charge in [0.25, 0.3) is 0 Å². The van der Waals surface area contributed by atoms with E-state index in [9.17, 15) is 4.39 Å². The van der Waals surface area contributed by atoms with E-state index in [1.165, 1.54) is 6.07 Å². The first-order chi connectivity index (χ1) is 8.12. The van der Waals surface area contributed by atoms with E-state index in [1.54, 1.807) is 13.0 Å². The van der Waals surface area contributed by atoms with Crippen LogP contribution in [0.3, 0.4) is 0 Å². The van der Waals surface area contributed by atoms with Crippen LogP contribution in [0.5, 0.6) is 0 Å². The Morgan fingerprint density at radius 3 is 2.53 bits per heavy atom. The molecule has 0 spiro atoms. The van der Waals surface area contributed by atoms with Crippen LogP contribution >= 0.6 is 0 Å². The topological polar surface area (TPSA) is 35.8 Å². The Balaban J connectivity index is 2.84. The smallest absolute Gasteiger partial charge is 0.129 e. The van der Waals surface area contributed by atoms with Crippen LogP contribution in [0.25, 0.3) is 0 Å². The van der Waals surface area contributed by atoms with Crippen molar-refractivity contribution in [2.24, 2.45) is 5.92 Å². The lowest BCUT2D eigenvalue weighted by Crippen LogP contribution is -2.13. The molecule has 0 amide bonds. The lowest BCUT2D eigenvalue weighted by molar-refractivity contribution is 0.518. The molecular formula is C14H19FN2. The van der Waals surface area contributed by atoms with Crippen LogP contribution in [0, 0.1) is 30.0 Å². The molecule has 0 fully saturated rings. The number of nitriles is 1. The molecule has 2 nitrogen and oxygen atoms in total. The number of hydrogen-bond acceptors (Lipinski definition) is 2. The van der Waals surface area contributed by atoms with E-state index < -0.39 is 0 Å². The number of halogens is 1. The molecule has 0 saturated heterocycles. The van der Waals surface area contributed by atoms with E-state index in [1.807, 2.05) is 6.07 Å². The van der Waals surface area contributed by atoms with Gasteiger partial charge in [0.1, 0.15) is 5.82 Å². The Labute approximate surface area is 102 Å². The van der Waals surface area contributed by atoms with Gasteiger partial charge in [-0.2, -0.15) is 5.26 Å². The summed E-state index contributed by atoms with van der Waals surface area (Å²) >= 11 is 0. The van der Waals surface area contributed by atoms with Gasteiger partial charge in [-0.15, -0.1) is 0 Å². The number of nitrogens with zero attached hydrogens (tertiary/aromatic N) is 1. The highest BCUT2D eigenvalue weighted by molar-refractivity contribution is 5.55. The summed E-state index contributed by atoms with van der Waals surface area (Å²) in [4.78, 5) is 0. The lowest BCUT2D eigenvalue weighted by Gasteiger charge is -2.16. The molecule has 0 aromatic heterocycles. The molecule has 1 rings (SSSR count). The summed E-state index contributed by atoms with van der Waals surface area (Å²) in [6.45, 7) is 6.85. The van der Waals surface area contributed by atoms with E-state index in [0.717, 1.165) is 25.1 Å². The van der Waals surface area contributed by atoms with Gasteiger partial charge in [-0.05, 0) is 25.0 Å². The predicted octanol–water partition coefficient (Wildman–Crippen LogP) is 3.85. The van der Waals surface area contributed by atoms with Gasteiger partial charge < -0.3 is 5.32 Å². The minimum absolute atomic E-state index is 0.323. The van der Waals surface area contributed by atoms with Crippen molar-refractivity contribution < 1.29 is 4.39 Å². The Morgan fingerprint density at radius 1 is 1.35 bits per heavy atom. The molecule has 0 aliphatic carbocycles. The molecule has 3 heteroatoms. The average Bonchev–Trinajstić information content (AvgIpc) is 2.35. The molecule has 92 valence electrons. The van der Waals surface area contributed by atoms with Gasteiger partial charge in [-0.3, -0.25) is 0 Å². The summed E-state index contributed by atoms with van der Waals surface area (Å²) in [7, 11) is 0. The fourth-order valence-corrected chi connectivity index (χ4v) is 1.76. The minimum atomic E-state index is -0.323. The highest BCUT2D eigenvalue weighted by atomic mass is 19.1. The van der Waals surface area contributed by atoms with E-state index in [0.29, 0.717) is 17.0 Å². The fraction of sp³-hybridized carbons (Fsp3) is 0.500. The third-order valence-corrected chi connectivity index (χ3v) is 3.21. The summed E-state index contributed by atoms with van der Waals surface area (Å²) in [5.41, 5.74) is 1.67. The molecule has 0 heterocycles. The maximum atomic E-state index is 13.5. The van der Waals surface area contributed by atoms with Crippen LogP contribution in [-0.4, -0.2) is 6.54 Å². The van der Waals surface area contributed by atoms with Crippen molar-refractivity contribution in [3.05, 3.63) is 29.1 Å². The van der Waals surface area contributed by atoms with Crippen molar-refractivity contribution in [3.63, 3.8) is 0 Å². The van der Waals surface area contributed by atoms with E-state index in [4.69, 9.17) is 5.26 Å². The van der Waals surface area contributed by atoms with Crippen molar-refractivity contribution >= 4 is 5.69 Å². The summed E-state index contributed by atoms with van der Waals surface area (Å²) in [5.74, 6) is 0.263. The molecule has 1 N–H and O–H groups in total. The molecule has 0 unspecified atom stereocenters. The molecule has 0 bridgehead atoms. The van der Waals surface area contributed by atoms with Crippen molar-refractivity contribution in [3.8, 4) is 6.07 Å². The predicted molar refractivity (Wildman–Crippen MR) is 68.4 cm³/mol. The second-order valence-electron chi connectivity index (χ2n) is 4.31. The van der Waals surface area contributed by atoms with Crippen LogP contribution in [0.4, 0.5) is 10.1 Å². The van der Waals surface area contributed by atoms with E-state index in [-0.39, 0.29) is 5.82 Å². The highest BCUT2D eigenvalue weighted by Crippen LogP contribution is 2.21. The Morgan fingerprint density at radius 2 is 2.00 bits per heavy atom. The highest BCUT2D eigenvalue weighted by Gasteiger charge is 2.09. The zero-order valence-corrected chi connectivity index (χ0v) is 10.7. The molecule has 0 saturated carbocycles. The van der Waals surface area contributed by atoms with E-state index in [2.05, 4.69) is 19.2 Å². The summed E-state index contributed by atoms with van der Waals surface area (Å²) < 4.78 is 13.5. The van der Waals surface area contributed by atoms with Crippen molar-refractivity contribution in [1.29, 1.82) is 5.26 Å². The first kappa shape index (κ1) is 13.5. The maximum Gasteiger partial charge on any atom is 0.129 e. The third-order valence-electron chi connectivity index (χ3n) is 3.21. The van der Waals surface area contributed by atoms with Gasteiger partial charge in [-0.25, -0.2) is 4.39 Å². The lowest BCUT2D eigenvalue weighted by atomic mass is 10.0. The second kappa shape index (κ2) is 6.24. The minimum Gasteiger partial charge on any atom is -0.384 e. The standard InChI is InChI=1S/C14H19FN2/c1-4-11(5-2)9-17-14-7-12(8-16)6-13(15)10(14)3/h6-7,11,17H,4-5,9H2,1-3H3. The number of anilines is 1. The third kappa shape index (κ3) is 3.45. The van der Waals surface area contributed by atoms with Gasteiger partial charge in [0, 0.05) is 17.8 Å². The molecule has 17 heavy (non-hydrogen) atoms. The van der Waals surface area contributed by atoms with Crippen LogP contribution in [-0.2, 0) is 0 Å². The maximum absolute atomic E-state index is 13.5.